The van der Waals surface area contributed by atoms with Gasteiger partial charge in [0.25, 0.3) is 5.91 Å². The highest BCUT2D eigenvalue weighted by atomic mass is 35.5. The van der Waals surface area contributed by atoms with Gasteiger partial charge in [0, 0.05) is 17.0 Å². The summed E-state index contributed by atoms with van der Waals surface area (Å²) < 4.78 is 5.39. The number of hydrogen-bond donors (Lipinski definition) is 1. The Labute approximate surface area is 156 Å². The van der Waals surface area contributed by atoms with E-state index in [1.807, 2.05) is 6.26 Å². The van der Waals surface area contributed by atoms with Crippen LogP contribution in [0.2, 0.25) is 5.02 Å². The molecule has 0 saturated heterocycles. The third-order valence-electron chi connectivity index (χ3n) is 4.06. The second-order valence-electron chi connectivity index (χ2n) is 5.95. The molecule has 7 heteroatoms. The van der Waals surface area contributed by atoms with E-state index in [1.165, 1.54) is 0 Å². The highest BCUT2D eigenvalue weighted by Crippen LogP contribution is 2.18. The van der Waals surface area contributed by atoms with Gasteiger partial charge in [-0.2, -0.15) is 11.8 Å². The lowest BCUT2D eigenvalue weighted by Crippen LogP contribution is -2.44. The predicted molar refractivity (Wildman–Crippen MR) is 99.1 cm³/mol. The molecule has 1 aliphatic carbocycles. The van der Waals surface area contributed by atoms with E-state index >= 15 is 0 Å². The summed E-state index contributed by atoms with van der Waals surface area (Å²) in [5, 5.41) is 3.24. The third-order valence-corrected chi connectivity index (χ3v) is 4.96. The van der Waals surface area contributed by atoms with Crippen molar-refractivity contribution in [3.63, 3.8) is 0 Å². The van der Waals surface area contributed by atoms with E-state index in [9.17, 15) is 14.4 Å². The van der Waals surface area contributed by atoms with Gasteiger partial charge in [-0.15, -0.1) is 0 Å². The SMILES string of the molecule is CSCC[C@@H](NC(=O)c1ccc(Cl)cc1)C(=O)O[C@@H]1CCCCC1=O. The largest absolute Gasteiger partial charge is 0.453 e. The molecule has 1 aromatic carbocycles. The monoisotopic (exact) mass is 383 g/mol. The number of benzene rings is 1. The van der Waals surface area contributed by atoms with Gasteiger partial charge >= 0.3 is 5.97 Å². The molecule has 25 heavy (non-hydrogen) atoms. The summed E-state index contributed by atoms with van der Waals surface area (Å²) >= 11 is 7.40. The van der Waals surface area contributed by atoms with Crippen LogP contribution in [0.15, 0.2) is 24.3 Å². The van der Waals surface area contributed by atoms with E-state index in [4.69, 9.17) is 16.3 Å². The van der Waals surface area contributed by atoms with Gasteiger partial charge in [-0.3, -0.25) is 9.59 Å². The minimum absolute atomic E-state index is 0.0350. The van der Waals surface area contributed by atoms with Crippen LogP contribution >= 0.6 is 23.4 Å². The fraction of sp³-hybridized carbons (Fsp3) is 0.500. The van der Waals surface area contributed by atoms with E-state index in [2.05, 4.69) is 5.32 Å². The molecule has 0 heterocycles. The van der Waals surface area contributed by atoms with Crippen molar-refractivity contribution >= 4 is 41.0 Å². The molecule has 1 aromatic rings. The maximum absolute atomic E-state index is 12.5. The number of carbonyl (C=O) groups is 3. The van der Waals surface area contributed by atoms with Crippen LogP contribution < -0.4 is 5.32 Å². The zero-order valence-corrected chi connectivity index (χ0v) is 15.7. The molecule has 136 valence electrons. The van der Waals surface area contributed by atoms with Crippen LogP contribution in [0.4, 0.5) is 0 Å². The molecule has 0 aromatic heterocycles. The number of nitrogens with one attached hydrogen (secondary N) is 1. The summed E-state index contributed by atoms with van der Waals surface area (Å²) in [4.78, 5) is 36.7. The third kappa shape index (κ3) is 6.04. The number of ether oxygens (including phenoxy) is 1. The zero-order valence-electron chi connectivity index (χ0n) is 14.1. The average molecular weight is 384 g/mol. The van der Waals surface area contributed by atoms with E-state index in [0.717, 1.165) is 12.8 Å². The molecule has 0 bridgehead atoms. The first-order chi connectivity index (χ1) is 12.0. The minimum atomic E-state index is -0.773. The van der Waals surface area contributed by atoms with Crippen molar-refractivity contribution in [2.75, 3.05) is 12.0 Å². The fourth-order valence-electron chi connectivity index (χ4n) is 2.63. The zero-order chi connectivity index (χ0) is 18.2. The minimum Gasteiger partial charge on any atom is -0.453 e. The maximum Gasteiger partial charge on any atom is 0.329 e. The number of rotatable bonds is 7. The van der Waals surface area contributed by atoms with Gasteiger partial charge in [0.05, 0.1) is 0 Å². The summed E-state index contributed by atoms with van der Waals surface area (Å²) in [5.74, 6) is -0.252. The first-order valence-electron chi connectivity index (χ1n) is 8.30. The summed E-state index contributed by atoms with van der Waals surface area (Å²) in [7, 11) is 0. The Morgan fingerprint density at radius 2 is 2.04 bits per heavy atom. The molecule has 0 unspecified atom stereocenters. The lowest BCUT2D eigenvalue weighted by Gasteiger charge is -2.24. The van der Waals surface area contributed by atoms with Gasteiger partial charge in [0.2, 0.25) is 0 Å². The Morgan fingerprint density at radius 3 is 2.68 bits per heavy atom. The van der Waals surface area contributed by atoms with Crippen molar-refractivity contribution < 1.29 is 19.1 Å². The van der Waals surface area contributed by atoms with E-state index in [1.54, 1.807) is 36.0 Å². The predicted octanol–water partition coefficient (Wildman–Crippen LogP) is 3.25. The second-order valence-corrected chi connectivity index (χ2v) is 7.37. The van der Waals surface area contributed by atoms with Crippen LogP contribution in [0.1, 0.15) is 42.5 Å². The maximum atomic E-state index is 12.5. The van der Waals surface area contributed by atoms with E-state index < -0.39 is 18.1 Å². The molecular formula is C18H22ClNO4S. The Morgan fingerprint density at radius 1 is 1.32 bits per heavy atom. The number of esters is 1. The molecule has 0 radical (unpaired) electrons. The average Bonchev–Trinajstić information content (AvgIpc) is 2.60. The Kier molecular flexibility index (Phi) is 7.78. The van der Waals surface area contributed by atoms with Crippen LogP contribution in [-0.2, 0) is 14.3 Å². The van der Waals surface area contributed by atoms with Gasteiger partial charge in [-0.25, -0.2) is 4.79 Å². The molecule has 1 aliphatic rings. The number of ketones is 1. The molecule has 0 aliphatic heterocycles. The second kappa shape index (κ2) is 9.82. The Hall–Kier alpha value is -1.53. The topological polar surface area (TPSA) is 72.5 Å². The molecule has 1 N–H and O–H groups in total. The standard InChI is InChI=1S/C18H22ClNO4S/c1-25-11-10-14(18(23)24-16-5-3-2-4-15(16)21)20-17(22)12-6-8-13(19)9-7-12/h6-9,14,16H,2-5,10-11H2,1H3,(H,20,22)/t14-,16-/m1/s1. The highest BCUT2D eigenvalue weighted by molar-refractivity contribution is 7.98. The molecule has 1 amide bonds. The fourth-order valence-corrected chi connectivity index (χ4v) is 3.22. The molecule has 2 atom stereocenters. The van der Waals surface area contributed by atoms with Crippen molar-refractivity contribution in [3.8, 4) is 0 Å². The lowest BCUT2D eigenvalue weighted by molar-refractivity contribution is -0.158. The van der Waals surface area contributed by atoms with E-state index in [-0.39, 0.29) is 11.7 Å². The number of carbonyl (C=O) groups excluding carboxylic acids is 3. The lowest BCUT2D eigenvalue weighted by atomic mass is 9.96. The number of halogens is 1. The van der Waals surface area contributed by atoms with Gasteiger partial charge in [-0.1, -0.05) is 11.6 Å². The summed E-state index contributed by atoms with van der Waals surface area (Å²) in [6.45, 7) is 0. The van der Waals surface area contributed by atoms with Crippen molar-refractivity contribution in [1.82, 2.24) is 5.32 Å². The van der Waals surface area contributed by atoms with Crippen LogP contribution in [0.3, 0.4) is 0 Å². The number of Topliss-reactive ketones (excluding diaryl/α,β-unsaturated/α-hetero) is 1. The van der Waals surface area contributed by atoms with E-state index in [0.29, 0.717) is 35.6 Å². The first kappa shape index (κ1) is 19.8. The van der Waals surface area contributed by atoms with Crippen molar-refractivity contribution in [3.05, 3.63) is 34.9 Å². The van der Waals surface area contributed by atoms with Crippen molar-refractivity contribution in [2.24, 2.45) is 0 Å². The number of hydrogen-bond acceptors (Lipinski definition) is 5. The highest BCUT2D eigenvalue weighted by Gasteiger charge is 2.30. The van der Waals surface area contributed by atoms with Gasteiger partial charge in [0.1, 0.15) is 6.04 Å². The van der Waals surface area contributed by atoms with Crippen molar-refractivity contribution in [1.29, 1.82) is 0 Å². The smallest absolute Gasteiger partial charge is 0.329 e. The molecule has 2 rings (SSSR count). The Balaban J connectivity index is 2.01. The molecule has 1 saturated carbocycles. The van der Waals surface area contributed by atoms with Crippen LogP contribution in [0, 0.1) is 0 Å². The van der Waals surface area contributed by atoms with Gasteiger partial charge in [0.15, 0.2) is 11.9 Å². The number of thioether (sulfide) groups is 1. The van der Waals surface area contributed by atoms with Crippen LogP contribution in [0.5, 0.6) is 0 Å². The first-order valence-corrected chi connectivity index (χ1v) is 10.1. The van der Waals surface area contributed by atoms with Crippen LogP contribution in [-0.4, -0.2) is 41.8 Å². The summed E-state index contributed by atoms with van der Waals surface area (Å²) in [6, 6.07) is 5.66. The molecule has 5 nitrogen and oxygen atoms in total. The summed E-state index contributed by atoms with van der Waals surface area (Å²) in [5.41, 5.74) is 0.417. The molecule has 1 fully saturated rings. The van der Waals surface area contributed by atoms with Gasteiger partial charge in [-0.05, 0) is 62.0 Å². The molecular weight excluding hydrogens is 362 g/mol. The number of amides is 1. The quantitative estimate of drug-likeness (QED) is 0.732. The van der Waals surface area contributed by atoms with Crippen molar-refractivity contribution in [2.45, 2.75) is 44.2 Å². The molecule has 0 spiro atoms. The Bertz CT molecular complexity index is 620. The normalized spacial score (nSPS) is 18.5. The van der Waals surface area contributed by atoms with Gasteiger partial charge < -0.3 is 10.1 Å². The van der Waals surface area contributed by atoms with Crippen LogP contribution in [0.25, 0.3) is 0 Å². The summed E-state index contributed by atoms with van der Waals surface area (Å²) in [6.07, 6.45) is 4.42.